The standard InChI is InChI=1S/C6HCl5.CHN/c7-2-1-3(8)5(10)6(11)4(2)9;1-2/h1H;1H. The molecule has 0 unspecified atom stereocenters. The second-order valence-electron chi connectivity index (χ2n) is 1.78. The molecular weight excluding hydrogens is 275 g/mol. The third kappa shape index (κ3) is 3.09. The maximum absolute atomic E-state index is 6.50. The smallest absolute Gasteiger partial charge is 0.0808 e. The second-order valence-corrected chi connectivity index (χ2v) is 3.73. The maximum atomic E-state index is 6.50. The summed E-state index contributed by atoms with van der Waals surface area (Å²) < 4.78 is 0. The van der Waals surface area contributed by atoms with E-state index in [1.807, 2.05) is 0 Å². The normalized spacial score (nSPS) is 8.85. The SMILES string of the molecule is C#N.Clc1cc(Cl)c(Cl)c(Cl)c1Cl. The summed E-state index contributed by atoms with van der Waals surface area (Å²) in [6.07, 6.45) is 0. The highest BCUT2D eigenvalue weighted by Gasteiger charge is 2.10. The number of nitrogens with zero attached hydrogens (tertiary/aromatic N) is 1. The Balaban J connectivity index is 0.000000671. The monoisotopic (exact) mass is 275 g/mol. The van der Waals surface area contributed by atoms with Gasteiger partial charge in [-0.15, -0.1) is 0 Å². The predicted molar refractivity (Wildman–Crippen MR) is 58.2 cm³/mol. The Morgan fingerprint density at radius 1 is 0.769 bits per heavy atom. The fourth-order valence-corrected chi connectivity index (χ4v) is 1.65. The molecule has 0 aliphatic rings. The average Bonchev–Trinajstić information content (AvgIpc) is 2.15. The van der Waals surface area contributed by atoms with Gasteiger partial charge in [-0.3, -0.25) is 0 Å². The first kappa shape index (κ1) is 13.2. The van der Waals surface area contributed by atoms with Crippen molar-refractivity contribution in [3.63, 3.8) is 0 Å². The van der Waals surface area contributed by atoms with Gasteiger partial charge in [0, 0.05) is 6.57 Å². The van der Waals surface area contributed by atoms with Crippen LogP contribution in [0.4, 0.5) is 0 Å². The molecule has 0 spiro atoms. The van der Waals surface area contributed by atoms with Crippen LogP contribution in [0.15, 0.2) is 6.07 Å². The average molecular weight is 277 g/mol. The van der Waals surface area contributed by atoms with Crippen molar-refractivity contribution in [1.29, 1.82) is 5.26 Å². The van der Waals surface area contributed by atoms with Gasteiger partial charge in [-0.2, -0.15) is 0 Å². The first-order valence-corrected chi connectivity index (χ1v) is 4.67. The van der Waals surface area contributed by atoms with Crippen molar-refractivity contribution in [2.45, 2.75) is 0 Å². The van der Waals surface area contributed by atoms with Gasteiger partial charge in [-0.25, -0.2) is 5.26 Å². The molecule has 0 atom stereocenters. The van der Waals surface area contributed by atoms with Gasteiger partial charge >= 0.3 is 0 Å². The van der Waals surface area contributed by atoms with Crippen molar-refractivity contribution in [2.75, 3.05) is 0 Å². The molecule has 1 aromatic carbocycles. The van der Waals surface area contributed by atoms with Crippen LogP contribution in [0.5, 0.6) is 0 Å². The maximum Gasteiger partial charge on any atom is 0.0808 e. The van der Waals surface area contributed by atoms with E-state index in [-0.39, 0.29) is 15.1 Å². The van der Waals surface area contributed by atoms with Crippen LogP contribution in [-0.2, 0) is 0 Å². The molecule has 0 N–H and O–H groups in total. The van der Waals surface area contributed by atoms with E-state index in [9.17, 15) is 0 Å². The zero-order chi connectivity index (χ0) is 10.6. The van der Waals surface area contributed by atoms with Crippen LogP contribution < -0.4 is 0 Å². The van der Waals surface area contributed by atoms with E-state index in [0.717, 1.165) is 0 Å². The molecule has 0 aliphatic carbocycles. The molecule has 1 aromatic rings. The lowest BCUT2D eigenvalue weighted by Gasteiger charge is -2.02. The van der Waals surface area contributed by atoms with E-state index < -0.39 is 0 Å². The predicted octanol–water partition coefficient (Wildman–Crippen LogP) is 5.09. The first-order chi connectivity index (χ1) is 6.04. The minimum Gasteiger partial charge on any atom is -0.202 e. The summed E-state index contributed by atoms with van der Waals surface area (Å²) in [5.74, 6) is 0. The summed E-state index contributed by atoms with van der Waals surface area (Å²) >= 11 is 28.2. The lowest BCUT2D eigenvalue weighted by atomic mass is 10.3. The third-order valence-corrected chi connectivity index (χ3v) is 3.20. The Morgan fingerprint density at radius 3 is 1.38 bits per heavy atom. The molecule has 1 rings (SSSR count). The van der Waals surface area contributed by atoms with E-state index in [4.69, 9.17) is 63.3 Å². The van der Waals surface area contributed by atoms with E-state index in [1.165, 1.54) is 6.07 Å². The lowest BCUT2D eigenvalue weighted by molar-refractivity contribution is 1.58. The number of rotatable bonds is 0. The van der Waals surface area contributed by atoms with E-state index >= 15 is 0 Å². The quantitative estimate of drug-likeness (QED) is 0.478. The Kier molecular flexibility index (Phi) is 5.87. The first-order valence-electron chi connectivity index (χ1n) is 2.78. The van der Waals surface area contributed by atoms with Gasteiger partial charge in [-0.1, -0.05) is 58.0 Å². The topological polar surface area (TPSA) is 23.8 Å². The Labute approximate surface area is 101 Å². The molecule has 0 amide bonds. The zero-order valence-corrected chi connectivity index (χ0v) is 9.77. The summed E-state index contributed by atoms with van der Waals surface area (Å²) in [5.41, 5.74) is 0. The van der Waals surface area contributed by atoms with Crippen molar-refractivity contribution in [1.82, 2.24) is 0 Å². The van der Waals surface area contributed by atoms with E-state index in [0.29, 0.717) is 10.0 Å². The van der Waals surface area contributed by atoms with E-state index in [1.54, 1.807) is 0 Å². The van der Waals surface area contributed by atoms with Crippen LogP contribution in [0.3, 0.4) is 0 Å². The van der Waals surface area contributed by atoms with Crippen LogP contribution in [0.1, 0.15) is 0 Å². The molecular formula is C7H2Cl5N. The number of nitriles is 1. The Morgan fingerprint density at radius 2 is 1.08 bits per heavy atom. The molecule has 0 aliphatic heterocycles. The van der Waals surface area contributed by atoms with E-state index in [2.05, 4.69) is 6.57 Å². The van der Waals surface area contributed by atoms with Gasteiger partial charge in [0.15, 0.2) is 0 Å². The second kappa shape index (κ2) is 5.80. The molecule has 0 aromatic heterocycles. The molecule has 70 valence electrons. The minimum atomic E-state index is 0.186. The third-order valence-electron chi connectivity index (χ3n) is 1.06. The van der Waals surface area contributed by atoms with Crippen LogP contribution in [0.2, 0.25) is 25.1 Å². The fourth-order valence-electron chi connectivity index (χ4n) is 0.544. The number of halogens is 5. The molecule has 0 fully saturated rings. The number of hydrogen-bond acceptors (Lipinski definition) is 1. The van der Waals surface area contributed by atoms with Crippen LogP contribution in [0.25, 0.3) is 0 Å². The van der Waals surface area contributed by atoms with Crippen molar-refractivity contribution >= 4 is 58.0 Å². The van der Waals surface area contributed by atoms with Crippen LogP contribution in [0, 0.1) is 11.8 Å². The zero-order valence-electron chi connectivity index (χ0n) is 5.99. The minimum absolute atomic E-state index is 0.186. The lowest BCUT2D eigenvalue weighted by Crippen LogP contribution is -1.75. The molecule has 13 heavy (non-hydrogen) atoms. The number of hydrogen-bond donors (Lipinski definition) is 0. The molecule has 0 bridgehead atoms. The molecule has 0 radical (unpaired) electrons. The molecule has 0 saturated heterocycles. The molecule has 0 heterocycles. The van der Waals surface area contributed by atoms with Crippen molar-refractivity contribution in [3.8, 4) is 6.57 Å². The summed E-state index contributed by atoms with van der Waals surface area (Å²) in [7, 11) is 0. The largest absolute Gasteiger partial charge is 0.202 e. The van der Waals surface area contributed by atoms with Gasteiger partial charge in [0.1, 0.15) is 0 Å². The molecule has 6 heteroatoms. The van der Waals surface area contributed by atoms with Crippen molar-refractivity contribution in [2.24, 2.45) is 0 Å². The summed E-state index contributed by atoms with van der Waals surface area (Å²) in [6, 6.07) is 1.44. The highest BCUT2D eigenvalue weighted by molar-refractivity contribution is 6.54. The molecule has 1 nitrogen and oxygen atoms in total. The number of benzene rings is 1. The Bertz CT molecular complexity index is 307. The van der Waals surface area contributed by atoms with Gasteiger partial charge < -0.3 is 0 Å². The summed E-state index contributed by atoms with van der Waals surface area (Å²) in [5, 5.41) is 7.73. The van der Waals surface area contributed by atoms with Gasteiger partial charge in [-0.05, 0) is 6.07 Å². The van der Waals surface area contributed by atoms with Crippen molar-refractivity contribution in [3.05, 3.63) is 31.2 Å². The van der Waals surface area contributed by atoms with Gasteiger partial charge in [0.25, 0.3) is 0 Å². The Hall–Kier alpha value is 0.160. The van der Waals surface area contributed by atoms with Gasteiger partial charge in [0.05, 0.1) is 25.1 Å². The van der Waals surface area contributed by atoms with Crippen LogP contribution in [-0.4, -0.2) is 0 Å². The van der Waals surface area contributed by atoms with Crippen molar-refractivity contribution < 1.29 is 0 Å². The summed E-state index contributed by atoms with van der Waals surface area (Å²) in [4.78, 5) is 0. The molecule has 0 saturated carbocycles. The highest BCUT2D eigenvalue weighted by atomic mass is 35.5. The van der Waals surface area contributed by atoms with Crippen LogP contribution >= 0.6 is 58.0 Å². The summed E-state index contributed by atoms with van der Waals surface area (Å²) in [6.45, 7) is 3.50. The fraction of sp³-hybridized carbons (Fsp3) is 0. The highest BCUT2D eigenvalue weighted by Crippen LogP contribution is 2.40. The van der Waals surface area contributed by atoms with Gasteiger partial charge in [0.2, 0.25) is 0 Å².